The fourth-order valence-electron chi connectivity index (χ4n) is 2.68. The Morgan fingerprint density at radius 1 is 1.38 bits per heavy atom. The van der Waals surface area contributed by atoms with E-state index in [9.17, 15) is 18.8 Å². The number of halogens is 1. The maximum absolute atomic E-state index is 13.5. The van der Waals surface area contributed by atoms with Gasteiger partial charge in [-0.05, 0) is 44.5 Å². The van der Waals surface area contributed by atoms with Crippen LogP contribution in [-0.4, -0.2) is 27.0 Å². The average molecular weight is 435 g/mol. The van der Waals surface area contributed by atoms with Crippen molar-refractivity contribution in [3.05, 3.63) is 56.2 Å². The molecule has 0 aliphatic carbocycles. The summed E-state index contributed by atoms with van der Waals surface area (Å²) in [4.78, 5) is 44.9. The van der Waals surface area contributed by atoms with Crippen LogP contribution in [0.1, 0.15) is 33.5 Å². The minimum atomic E-state index is -0.912. The number of nitrogens with two attached hydrogens (primary N) is 1. The first kappa shape index (κ1) is 21.0. The van der Waals surface area contributed by atoms with Crippen molar-refractivity contribution in [2.75, 3.05) is 5.32 Å². The van der Waals surface area contributed by atoms with Gasteiger partial charge in [-0.1, -0.05) is 0 Å². The monoisotopic (exact) mass is 434 g/mol. The SMILES string of the molecule is Cc1sc2nc(CSC(C)C(=O)Nc3ccc(F)c(C(N)=O)c3)[nH]c(=O)c2c1C. The molecule has 4 N–H and O–H groups in total. The Balaban J connectivity index is 1.68. The second-order valence-corrected chi connectivity index (χ2v) is 9.01. The molecule has 1 unspecified atom stereocenters. The van der Waals surface area contributed by atoms with Gasteiger partial charge in [0.1, 0.15) is 16.5 Å². The van der Waals surface area contributed by atoms with Gasteiger partial charge in [0.2, 0.25) is 5.91 Å². The number of H-pyrrole nitrogens is 1. The molecule has 1 aromatic carbocycles. The highest BCUT2D eigenvalue weighted by atomic mass is 32.2. The van der Waals surface area contributed by atoms with Crippen molar-refractivity contribution < 1.29 is 14.0 Å². The predicted molar refractivity (Wildman–Crippen MR) is 114 cm³/mol. The molecule has 2 aromatic heterocycles. The molecule has 0 saturated carbocycles. The van der Waals surface area contributed by atoms with Crippen LogP contribution in [0.15, 0.2) is 23.0 Å². The van der Waals surface area contributed by atoms with Gasteiger partial charge in [-0.25, -0.2) is 9.37 Å². The third kappa shape index (κ3) is 4.48. The lowest BCUT2D eigenvalue weighted by Gasteiger charge is -2.12. The van der Waals surface area contributed by atoms with E-state index in [1.807, 2.05) is 13.8 Å². The molecule has 3 aromatic rings. The minimum absolute atomic E-state index is 0.185. The second kappa shape index (κ2) is 8.34. The number of nitrogens with one attached hydrogen (secondary N) is 2. The van der Waals surface area contributed by atoms with Gasteiger partial charge in [0.05, 0.1) is 22.0 Å². The second-order valence-electron chi connectivity index (χ2n) is 6.48. The lowest BCUT2D eigenvalue weighted by Crippen LogP contribution is -2.23. The van der Waals surface area contributed by atoms with Gasteiger partial charge < -0.3 is 16.0 Å². The molecule has 7 nitrogen and oxygen atoms in total. The molecule has 29 heavy (non-hydrogen) atoms. The van der Waals surface area contributed by atoms with Crippen molar-refractivity contribution >= 4 is 50.8 Å². The number of hydrogen-bond acceptors (Lipinski definition) is 6. The number of thioether (sulfide) groups is 1. The van der Waals surface area contributed by atoms with E-state index in [0.717, 1.165) is 16.5 Å². The number of aryl methyl sites for hydroxylation is 2. The maximum atomic E-state index is 13.5. The lowest BCUT2D eigenvalue weighted by atomic mass is 10.1. The zero-order valence-electron chi connectivity index (χ0n) is 16.0. The smallest absolute Gasteiger partial charge is 0.259 e. The van der Waals surface area contributed by atoms with Crippen LogP contribution in [0.25, 0.3) is 10.2 Å². The number of hydrogen-bond donors (Lipinski definition) is 3. The maximum Gasteiger partial charge on any atom is 0.259 e. The van der Waals surface area contributed by atoms with Crippen molar-refractivity contribution in [1.82, 2.24) is 9.97 Å². The summed E-state index contributed by atoms with van der Waals surface area (Å²) in [6, 6.07) is 3.62. The zero-order valence-corrected chi connectivity index (χ0v) is 17.6. The molecule has 10 heteroatoms. The van der Waals surface area contributed by atoms with E-state index in [1.165, 1.54) is 35.2 Å². The standard InChI is InChI=1S/C19H19FN4O3S2/c1-8-9(2)29-19-15(8)18(27)23-14(24-19)7-28-10(3)17(26)22-11-4-5-13(20)12(6-11)16(21)25/h4-6,10H,7H2,1-3H3,(H2,21,25)(H,22,26)(H,23,24,27). The van der Waals surface area contributed by atoms with Crippen LogP contribution >= 0.6 is 23.1 Å². The Morgan fingerprint density at radius 3 is 2.79 bits per heavy atom. The molecular formula is C19H19FN4O3S2. The summed E-state index contributed by atoms with van der Waals surface area (Å²) in [5.74, 6) is -1.16. The number of anilines is 1. The molecule has 0 aliphatic heterocycles. The van der Waals surface area contributed by atoms with E-state index >= 15 is 0 Å². The molecule has 0 aliphatic rings. The molecular weight excluding hydrogens is 415 g/mol. The van der Waals surface area contributed by atoms with E-state index in [0.29, 0.717) is 21.8 Å². The van der Waals surface area contributed by atoms with Gasteiger partial charge in [-0.15, -0.1) is 23.1 Å². The molecule has 1 atom stereocenters. The fourth-order valence-corrected chi connectivity index (χ4v) is 4.49. The van der Waals surface area contributed by atoms with Crippen molar-refractivity contribution in [2.45, 2.75) is 31.8 Å². The van der Waals surface area contributed by atoms with Crippen LogP contribution in [-0.2, 0) is 10.5 Å². The summed E-state index contributed by atoms with van der Waals surface area (Å²) in [7, 11) is 0. The van der Waals surface area contributed by atoms with Gasteiger partial charge in [0.25, 0.3) is 11.5 Å². The van der Waals surface area contributed by atoms with Gasteiger partial charge >= 0.3 is 0 Å². The third-order valence-electron chi connectivity index (χ3n) is 4.43. The summed E-state index contributed by atoms with van der Waals surface area (Å²) in [6.07, 6.45) is 0. The highest BCUT2D eigenvalue weighted by Crippen LogP contribution is 2.26. The number of rotatable bonds is 6. The summed E-state index contributed by atoms with van der Waals surface area (Å²) >= 11 is 2.76. The summed E-state index contributed by atoms with van der Waals surface area (Å²) in [6.45, 7) is 5.54. The largest absolute Gasteiger partial charge is 0.366 e. The van der Waals surface area contributed by atoms with Gasteiger partial charge in [0, 0.05) is 10.6 Å². The molecule has 152 valence electrons. The molecule has 0 radical (unpaired) electrons. The number of aromatic amines is 1. The van der Waals surface area contributed by atoms with Crippen LogP contribution in [0.4, 0.5) is 10.1 Å². The molecule has 3 rings (SSSR count). The molecule has 0 saturated heterocycles. The number of carbonyl (C=O) groups excluding carboxylic acids is 2. The van der Waals surface area contributed by atoms with E-state index < -0.39 is 17.0 Å². The molecule has 0 fully saturated rings. The van der Waals surface area contributed by atoms with Gasteiger partial charge in [-0.3, -0.25) is 14.4 Å². The van der Waals surface area contributed by atoms with Crippen molar-refractivity contribution in [3.8, 4) is 0 Å². The van der Waals surface area contributed by atoms with Gasteiger partial charge in [0.15, 0.2) is 0 Å². The summed E-state index contributed by atoms with van der Waals surface area (Å²) in [5, 5.41) is 2.75. The number of amides is 2. The average Bonchev–Trinajstić information content (AvgIpc) is 2.95. The summed E-state index contributed by atoms with van der Waals surface area (Å²) < 4.78 is 13.5. The van der Waals surface area contributed by atoms with Crippen LogP contribution in [0.2, 0.25) is 0 Å². The van der Waals surface area contributed by atoms with Crippen molar-refractivity contribution in [3.63, 3.8) is 0 Å². The number of thiophene rings is 1. The van der Waals surface area contributed by atoms with Crippen molar-refractivity contribution in [2.24, 2.45) is 5.73 Å². The molecule has 2 amide bonds. The number of carbonyl (C=O) groups is 2. The number of primary amides is 1. The van der Waals surface area contributed by atoms with Crippen LogP contribution in [0.3, 0.4) is 0 Å². The van der Waals surface area contributed by atoms with Crippen LogP contribution in [0, 0.1) is 19.7 Å². The van der Waals surface area contributed by atoms with E-state index in [4.69, 9.17) is 5.73 Å². The quantitative estimate of drug-likeness (QED) is 0.551. The Hall–Kier alpha value is -2.72. The Bertz CT molecular complexity index is 1170. The Labute approximate surface area is 173 Å². The Morgan fingerprint density at radius 2 is 2.10 bits per heavy atom. The van der Waals surface area contributed by atoms with E-state index in [2.05, 4.69) is 15.3 Å². The lowest BCUT2D eigenvalue weighted by molar-refractivity contribution is -0.115. The summed E-state index contributed by atoms with van der Waals surface area (Å²) in [5.41, 5.74) is 5.84. The molecule has 2 heterocycles. The topological polar surface area (TPSA) is 118 Å². The van der Waals surface area contributed by atoms with Gasteiger partial charge in [-0.2, -0.15) is 0 Å². The number of benzene rings is 1. The van der Waals surface area contributed by atoms with Crippen molar-refractivity contribution in [1.29, 1.82) is 0 Å². The normalized spacial score (nSPS) is 12.1. The third-order valence-corrected chi connectivity index (χ3v) is 6.68. The Kier molecular flexibility index (Phi) is 6.04. The number of fused-ring (bicyclic) bond motifs is 1. The number of aromatic nitrogens is 2. The van der Waals surface area contributed by atoms with E-state index in [1.54, 1.807) is 6.92 Å². The first-order chi connectivity index (χ1) is 13.7. The van der Waals surface area contributed by atoms with E-state index in [-0.39, 0.29) is 22.7 Å². The van der Waals surface area contributed by atoms with Crippen LogP contribution < -0.4 is 16.6 Å². The predicted octanol–water partition coefficient (Wildman–Crippen LogP) is 3.10. The molecule has 0 bridgehead atoms. The first-order valence-corrected chi connectivity index (χ1v) is 10.5. The first-order valence-electron chi connectivity index (χ1n) is 8.68. The zero-order chi connectivity index (χ0) is 21.3. The highest BCUT2D eigenvalue weighted by molar-refractivity contribution is 7.99. The fraction of sp³-hybridized carbons (Fsp3) is 0.263. The van der Waals surface area contributed by atoms with Crippen LogP contribution in [0.5, 0.6) is 0 Å². The number of nitrogens with zero attached hydrogens (tertiary/aromatic N) is 1. The highest BCUT2D eigenvalue weighted by Gasteiger charge is 2.17. The minimum Gasteiger partial charge on any atom is -0.366 e. The molecule has 0 spiro atoms.